The number of hydrogen-bond acceptors (Lipinski definition) is 5. The Morgan fingerprint density at radius 2 is 2.11 bits per heavy atom. The number of hydrogen-bond donors (Lipinski definition) is 2. The molecule has 0 saturated carbocycles. The summed E-state index contributed by atoms with van der Waals surface area (Å²) in [4.78, 5) is 17.7. The molecule has 0 atom stereocenters. The number of nitrogens with zero attached hydrogens (tertiary/aromatic N) is 5. The Bertz CT molecular complexity index is 1110. The maximum absolute atomic E-state index is 12.3. The average molecular weight is 361 g/mol. The molecular weight excluding hydrogens is 342 g/mol. The van der Waals surface area contributed by atoms with Gasteiger partial charge in [-0.05, 0) is 23.8 Å². The number of aromatic amines is 1. The van der Waals surface area contributed by atoms with E-state index >= 15 is 0 Å². The molecule has 0 radical (unpaired) electrons. The maximum atomic E-state index is 12.3. The first-order chi connectivity index (χ1) is 13.3. The zero-order valence-corrected chi connectivity index (χ0v) is 14.7. The molecule has 0 bridgehead atoms. The Morgan fingerprint density at radius 3 is 3.04 bits per heavy atom. The van der Waals surface area contributed by atoms with Gasteiger partial charge in [0.15, 0.2) is 5.65 Å². The van der Waals surface area contributed by atoms with Crippen LogP contribution in [0.5, 0.6) is 0 Å². The minimum atomic E-state index is 0.0576. The summed E-state index contributed by atoms with van der Waals surface area (Å²) in [6.07, 6.45) is 3.91. The Labute approximate surface area is 155 Å². The predicted molar refractivity (Wildman–Crippen MR) is 101 cm³/mol. The van der Waals surface area contributed by atoms with E-state index < -0.39 is 0 Å². The maximum Gasteiger partial charge on any atom is 0.224 e. The Balaban J connectivity index is 1.13. The lowest BCUT2D eigenvalue weighted by Gasteiger charge is -2.40. The number of benzene rings is 1. The molecule has 5 rings (SSSR count). The summed E-state index contributed by atoms with van der Waals surface area (Å²) in [5.41, 5.74) is 2.83. The van der Waals surface area contributed by atoms with Crippen LogP contribution < -0.4 is 10.2 Å². The van der Waals surface area contributed by atoms with Crippen LogP contribution >= 0.6 is 0 Å². The van der Waals surface area contributed by atoms with E-state index in [4.69, 9.17) is 0 Å². The van der Waals surface area contributed by atoms with Gasteiger partial charge in [0, 0.05) is 42.7 Å². The zero-order valence-electron chi connectivity index (χ0n) is 14.7. The summed E-state index contributed by atoms with van der Waals surface area (Å²) in [6.45, 7) is 2.45. The summed E-state index contributed by atoms with van der Waals surface area (Å²) in [5, 5.41) is 16.5. The number of H-pyrrole nitrogens is 1. The van der Waals surface area contributed by atoms with Crippen molar-refractivity contribution in [1.82, 2.24) is 30.1 Å². The van der Waals surface area contributed by atoms with Gasteiger partial charge < -0.3 is 15.2 Å². The van der Waals surface area contributed by atoms with Gasteiger partial charge in [0.2, 0.25) is 5.91 Å². The van der Waals surface area contributed by atoms with Crippen molar-refractivity contribution in [1.29, 1.82) is 0 Å². The largest absolute Gasteiger partial charge is 0.361 e. The summed E-state index contributed by atoms with van der Waals surface area (Å²) in [5.74, 6) is 1.40. The van der Waals surface area contributed by atoms with Gasteiger partial charge in [0.25, 0.3) is 0 Å². The van der Waals surface area contributed by atoms with Crippen LogP contribution in [0.4, 0.5) is 5.82 Å². The third-order valence-corrected chi connectivity index (χ3v) is 5.04. The standard InChI is InChI=1S/C19H19N7O/c27-19(7-14-9-20-16-4-2-1-3-15(14)16)21-8-13-10-25(11-13)18-6-5-17-23-22-12-26(17)24-18/h1-6,9,12-13,20H,7-8,10-11H2,(H,21,27). The molecule has 3 aromatic heterocycles. The predicted octanol–water partition coefficient (Wildman–Crippen LogP) is 1.40. The number of aromatic nitrogens is 5. The number of fused-ring (bicyclic) bond motifs is 2. The van der Waals surface area contributed by atoms with E-state index in [1.165, 1.54) is 0 Å². The Hall–Kier alpha value is -3.42. The molecule has 2 N–H and O–H groups in total. The smallest absolute Gasteiger partial charge is 0.224 e. The fraction of sp³-hybridized carbons (Fsp3) is 0.263. The molecular formula is C19H19N7O. The third-order valence-electron chi connectivity index (χ3n) is 5.04. The third kappa shape index (κ3) is 2.99. The molecule has 1 aromatic carbocycles. The van der Waals surface area contributed by atoms with E-state index in [-0.39, 0.29) is 5.91 Å². The number of nitrogens with one attached hydrogen (secondary N) is 2. The van der Waals surface area contributed by atoms with Crippen molar-refractivity contribution in [2.75, 3.05) is 24.5 Å². The second-order valence-electron chi connectivity index (χ2n) is 6.94. The van der Waals surface area contributed by atoms with Gasteiger partial charge in [0.05, 0.1) is 6.42 Å². The van der Waals surface area contributed by atoms with Crippen LogP contribution in [0.2, 0.25) is 0 Å². The highest BCUT2D eigenvalue weighted by molar-refractivity contribution is 5.88. The van der Waals surface area contributed by atoms with E-state index in [1.54, 1.807) is 10.8 Å². The van der Waals surface area contributed by atoms with Gasteiger partial charge in [-0.25, -0.2) is 0 Å². The zero-order chi connectivity index (χ0) is 18.2. The SMILES string of the molecule is O=C(Cc1c[nH]c2ccccc12)NCC1CN(c2ccc3nncn3n2)C1. The summed E-state index contributed by atoms with van der Waals surface area (Å²) >= 11 is 0. The van der Waals surface area contributed by atoms with Crippen molar-refractivity contribution >= 4 is 28.3 Å². The Morgan fingerprint density at radius 1 is 1.22 bits per heavy atom. The van der Waals surface area contributed by atoms with Gasteiger partial charge >= 0.3 is 0 Å². The van der Waals surface area contributed by atoms with Crippen LogP contribution in [0.3, 0.4) is 0 Å². The Kier molecular flexibility index (Phi) is 3.74. The number of anilines is 1. The summed E-state index contributed by atoms with van der Waals surface area (Å²) in [7, 11) is 0. The lowest BCUT2D eigenvalue weighted by Crippen LogP contribution is -2.52. The van der Waals surface area contributed by atoms with Crippen LogP contribution in [0.25, 0.3) is 16.6 Å². The fourth-order valence-corrected chi connectivity index (χ4v) is 3.54. The van der Waals surface area contributed by atoms with E-state index in [9.17, 15) is 4.79 Å². The van der Waals surface area contributed by atoms with Crippen molar-refractivity contribution in [3.8, 4) is 0 Å². The van der Waals surface area contributed by atoms with Crippen LogP contribution in [-0.4, -0.2) is 50.3 Å². The molecule has 0 unspecified atom stereocenters. The van der Waals surface area contributed by atoms with Gasteiger partial charge in [-0.1, -0.05) is 18.2 Å². The second kappa shape index (κ2) is 6.39. The van der Waals surface area contributed by atoms with Crippen molar-refractivity contribution in [3.63, 3.8) is 0 Å². The summed E-state index contributed by atoms with van der Waals surface area (Å²) < 4.78 is 1.67. The quantitative estimate of drug-likeness (QED) is 0.561. The fourth-order valence-electron chi connectivity index (χ4n) is 3.54. The highest BCUT2D eigenvalue weighted by Crippen LogP contribution is 2.22. The molecule has 4 heterocycles. The molecule has 1 amide bonds. The van der Waals surface area contributed by atoms with Crippen LogP contribution in [-0.2, 0) is 11.2 Å². The van der Waals surface area contributed by atoms with Crippen molar-refractivity contribution in [2.45, 2.75) is 6.42 Å². The van der Waals surface area contributed by atoms with Gasteiger partial charge in [-0.15, -0.1) is 15.3 Å². The number of carbonyl (C=O) groups excluding carboxylic acids is 1. The molecule has 4 aromatic rings. The van der Waals surface area contributed by atoms with E-state index in [2.05, 4.69) is 30.5 Å². The molecule has 0 aliphatic carbocycles. The number of carbonyl (C=O) groups is 1. The first-order valence-corrected chi connectivity index (χ1v) is 9.00. The van der Waals surface area contributed by atoms with Gasteiger partial charge in [-0.2, -0.15) is 4.52 Å². The number of amides is 1. The minimum Gasteiger partial charge on any atom is -0.361 e. The monoisotopic (exact) mass is 361 g/mol. The lowest BCUT2D eigenvalue weighted by atomic mass is 10.00. The second-order valence-corrected chi connectivity index (χ2v) is 6.94. The molecule has 8 nitrogen and oxygen atoms in total. The first-order valence-electron chi connectivity index (χ1n) is 9.00. The molecule has 0 spiro atoms. The topological polar surface area (TPSA) is 91.2 Å². The highest BCUT2D eigenvalue weighted by atomic mass is 16.1. The van der Waals surface area contributed by atoms with Crippen molar-refractivity contribution < 1.29 is 4.79 Å². The van der Waals surface area contributed by atoms with E-state index in [0.717, 1.165) is 41.0 Å². The molecule has 8 heteroatoms. The average Bonchev–Trinajstić information content (AvgIpc) is 3.27. The normalized spacial score (nSPS) is 14.6. The number of rotatable bonds is 5. The molecule has 1 aliphatic heterocycles. The van der Waals surface area contributed by atoms with Crippen molar-refractivity contribution in [2.24, 2.45) is 5.92 Å². The molecule has 1 saturated heterocycles. The highest BCUT2D eigenvalue weighted by Gasteiger charge is 2.28. The number of para-hydroxylation sites is 1. The molecule has 136 valence electrons. The van der Waals surface area contributed by atoms with Crippen LogP contribution in [0, 0.1) is 5.92 Å². The molecule has 1 aliphatic rings. The minimum absolute atomic E-state index is 0.0576. The van der Waals surface area contributed by atoms with Crippen LogP contribution in [0.1, 0.15) is 5.56 Å². The van der Waals surface area contributed by atoms with E-state index in [0.29, 0.717) is 18.9 Å². The summed E-state index contributed by atoms with van der Waals surface area (Å²) in [6, 6.07) is 11.9. The van der Waals surface area contributed by atoms with Gasteiger partial charge in [0.1, 0.15) is 12.1 Å². The first kappa shape index (κ1) is 15.8. The van der Waals surface area contributed by atoms with Crippen LogP contribution in [0.15, 0.2) is 48.9 Å². The molecule has 1 fully saturated rings. The molecule has 27 heavy (non-hydrogen) atoms. The van der Waals surface area contributed by atoms with E-state index in [1.807, 2.05) is 42.6 Å². The van der Waals surface area contributed by atoms with Gasteiger partial charge in [-0.3, -0.25) is 4.79 Å². The van der Waals surface area contributed by atoms with Crippen molar-refractivity contribution in [3.05, 3.63) is 54.5 Å². The lowest BCUT2D eigenvalue weighted by molar-refractivity contribution is -0.120.